The highest BCUT2D eigenvalue weighted by Crippen LogP contribution is 2.29. The molecule has 4 nitrogen and oxygen atoms in total. The van der Waals surface area contributed by atoms with Crippen molar-refractivity contribution >= 4 is 17.8 Å². The van der Waals surface area contributed by atoms with Gasteiger partial charge in [-0.3, -0.25) is 4.79 Å². The Bertz CT molecular complexity index is 810. The molecule has 1 amide bonds. The maximum Gasteiger partial charge on any atom is 0.416 e. The first kappa shape index (κ1) is 18.9. The van der Waals surface area contributed by atoms with E-state index >= 15 is 0 Å². The van der Waals surface area contributed by atoms with Gasteiger partial charge in [-0.05, 0) is 42.2 Å². The first-order chi connectivity index (χ1) is 12.9. The van der Waals surface area contributed by atoms with Crippen molar-refractivity contribution in [3.63, 3.8) is 0 Å². The van der Waals surface area contributed by atoms with Gasteiger partial charge in [0, 0.05) is 18.8 Å². The van der Waals surface area contributed by atoms with Crippen molar-refractivity contribution in [3.05, 3.63) is 65.2 Å². The molecule has 1 saturated heterocycles. The van der Waals surface area contributed by atoms with Crippen LogP contribution in [0.1, 0.15) is 29.5 Å². The fourth-order valence-corrected chi connectivity index (χ4v) is 3.01. The van der Waals surface area contributed by atoms with Gasteiger partial charge in [-0.2, -0.15) is 18.3 Å². The van der Waals surface area contributed by atoms with Crippen molar-refractivity contribution in [3.8, 4) is 0 Å². The Morgan fingerprint density at radius 1 is 1.11 bits per heavy atom. The van der Waals surface area contributed by atoms with E-state index in [1.165, 1.54) is 36.9 Å². The molecule has 1 heterocycles. The van der Waals surface area contributed by atoms with Crippen LogP contribution in [-0.2, 0) is 17.4 Å². The molecule has 2 aromatic carbocycles. The van der Waals surface area contributed by atoms with Crippen molar-refractivity contribution in [1.82, 2.24) is 5.43 Å². The molecule has 0 radical (unpaired) electrons. The predicted octanol–water partition coefficient (Wildman–Crippen LogP) is 4.00. The Morgan fingerprint density at radius 2 is 1.81 bits per heavy atom. The molecule has 0 spiro atoms. The summed E-state index contributed by atoms with van der Waals surface area (Å²) in [4.78, 5) is 14.2. The van der Waals surface area contributed by atoms with Crippen molar-refractivity contribution in [2.24, 2.45) is 5.10 Å². The second kappa shape index (κ2) is 8.24. The summed E-state index contributed by atoms with van der Waals surface area (Å²) in [5, 5.41) is 3.88. The number of carbonyl (C=O) groups is 1. The highest BCUT2D eigenvalue weighted by molar-refractivity contribution is 5.83. The third-order valence-corrected chi connectivity index (χ3v) is 4.39. The Labute approximate surface area is 155 Å². The molecule has 142 valence electrons. The van der Waals surface area contributed by atoms with Crippen LogP contribution in [0.3, 0.4) is 0 Å². The number of benzene rings is 2. The molecule has 0 bridgehead atoms. The van der Waals surface area contributed by atoms with Crippen LogP contribution >= 0.6 is 0 Å². The SMILES string of the molecule is O=C(Cc1cccc(C(F)(F)F)c1)N/N=C/c1ccc(N2CCCC2)cc1. The predicted molar refractivity (Wildman–Crippen MR) is 98.8 cm³/mol. The average molecular weight is 375 g/mol. The minimum absolute atomic E-state index is 0.171. The van der Waals surface area contributed by atoms with Crippen LogP contribution in [0, 0.1) is 0 Å². The fourth-order valence-electron chi connectivity index (χ4n) is 3.01. The maximum absolute atomic E-state index is 12.7. The second-order valence-corrected chi connectivity index (χ2v) is 6.45. The lowest BCUT2D eigenvalue weighted by Crippen LogP contribution is -2.20. The number of hydrazone groups is 1. The minimum Gasteiger partial charge on any atom is -0.372 e. The van der Waals surface area contributed by atoms with E-state index in [9.17, 15) is 18.0 Å². The molecule has 0 aromatic heterocycles. The standard InChI is InChI=1S/C20H20F3N3O/c21-20(22,23)17-5-3-4-16(12-17)13-19(27)25-24-14-15-6-8-18(9-7-15)26-10-1-2-11-26/h3-9,12,14H,1-2,10-11,13H2,(H,25,27)/b24-14+. The van der Waals surface area contributed by atoms with Crippen molar-refractivity contribution in [1.29, 1.82) is 0 Å². The summed E-state index contributed by atoms with van der Waals surface area (Å²) in [6.07, 6.45) is -0.666. The zero-order valence-electron chi connectivity index (χ0n) is 14.7. The first-order valence-corrected chi connectivity index (χ1v) is 8.75. The molecule has 1 fully saturated rings. The monoisotopic (exact) mass is 375 g/mol. The summed E-state index contributed by atoms with van der Waals surface area (Å²) in [6.45, 7) is 2.14. The van der Waals surface area contributed by atoms with Gasteiger partial charge in [0.2, 0.25) is 5.91 Å². The molecule has 0 saturated carbocycles. The number of amides is 1. The lowest BCUT2D eigenvalue weighted by molar-refractivity contribution is -0.137. The van der Waals surface area contributed by atoms with E-state index < -0.39 is 17.6 Å². The molecule has 2 aromatic rings. The summed E-state index contributed by atoms with van der Waals surface area (Å²) in [7, 11) is 0. The number of hydrogen-bond acceptors (Lipinski definition) is 3. The van der Waals surface area contributed by atoms with E-state index in [2.05, 4.69) is 15.4 Å². The summed E-state index contributed by atoms with van der Waals surface area (Å²) >= 11 is 0. The van der Waals surface area contributed by atoms with Crippen molar-refractivity contribution in [2.45, 2.75) is 25.4 Å². The number of hydrogen-bond donors (Lipinski definition) is 1. The van der Waals surface area contributed by atoms with Crippen LogP contribution < -0.4 is 10.3 Å². The molecule has 1 aliphatic rings. The van der Waals surface area contributed by atoms with Gasteiger partial charge in [0.1, 0.15) is 0 Å². The van der Waals surface area contributed by atoms with E-state index in [1.807, 2.05) is 24.3 Å². The lowest BCUT2D eigenvalue weighted by Gasteiger charge is -2.17. The van der Waals surface area contributed by atoms with Crippen molar-refractivity contribution < 1.29 is 18.0 Å². The smallest absolute Gasteiger partial charge is 0.372 e. The molecule has 0 aliphatic carbocycles. The van der Waals surface area contributed by atoms with Crippen LogP contribution in [0.15, 0.2) is 53.6 Å². The maximum atomic E-state index is 12.7. The zero-order chi connectivity index (χ0) is 19.3. The first-order valence-electron chi connectivity index (χ1n) is 8.75. The quantitative estimate of drug-likeness (QED) is 0.634. The Balaban J connectivity index is 1.53. The Hall–Kier alpha value is -2.83. The second-order valence-electron chi connectivity index (χ2n) is 6.45. The third kappa shape index (κ3) is 5.32. The van der Waals surface area contributed by atoms with Crippen LogP contribution in [0.2, 0.25) is 0 Å². The van der Waals surface area contributed by atoms with E-state index in [0.717, 1.165) is 30.8 Å². The number of anilines is 1. The number of carbonyl (C=O) groups excluding carboxylic acids is 1. The van der Waals surface area contributed by atoms with Crippen molar-refractivity contribution in [2.75, 3.05) is 18.0 Å². The molecule has 0 atom stereocenters. The van der Waals surface area contributed by atoms with Crippen LogP contribution in [0.25, 0.3) is 0 Å². The molecule has 1 aliphatic heterocycles. The number of alkyl halides is 3. The van der Waals surface area contributed by atoms with E-state index in [1.54, 1.807) is 0 Å². The summed E-state index contributed by atoms with van der Waals surface area (Å²) in [5.41, 5.74) is 3.86. The normalized spacial score (nSPS) is 14.7. The number of halogens is 3. The molecular formula is C20H20F3N3O. The summed E-state index contributed by atoms with van der Waals surface area (Å²) < 4.78 is 38.1. The topological polar surface area (TPSA) is 44.7 Å². The van der Waals surface area contributed by atoms with Gasteiger partial charge in [-0.25, -0.2) is 5.43 Å². The third-order valence-electron chi connectivity index (χ3n) is 4.39. The molecule has 0 unspecified atom stereocenters. The van der Waals surface area contributed by atoms with Crippen LogP contribution in [-0.4, -0.2) is 25.2 Å². The van der Waals surface area contributed by atoms with E-state index in [0.29, 0.717) is 0 Å². The Morgan fingerprint density at radius 3 is 2.48 bits per heavy atom. The van der Waals surface area contributed by atoms with Gasteiger partial charge in [0.25, 0.3) is 0 Å². The number of rotatable bonds is 5. The highest BCUT2D eigenvalue weighted by atomic mass is 19.4. The fraction of sp³-hybridized carbons (Fsp3) is 0.300. The minimum atomic E-state index is -4.42. The van der Waals surface area contributed by atoms with Gasteiger partial charge >= 0.3 is 6.18 Å². The van der Waals surface area contributed by atoms with E-state index in [-0.39, 0.29) is 12.0 Å². The molecular weight excluding hydrogens is 355 g/mol. The van der Waals surface area contributed by atoms with Crippen LogP contribution in [0.5, 0.6) is 0 Å². The number of nitrogens with zero attached hydrogens (tertiary/aromatic N) is 2. The van der Waals surface area contributed by atoms with Gasteiger partial charge in [0.15, 0.2) is 0 Å². The van der Waals surface area contributed by atoms with E-state index in [4.69, 9.17) is 0 Å². The van der Waals surface area contributed by atoms with Gasteiger partial charge < -0.3 is 4.90 Å². The summed E-state index contributed by atoms with van der Waals surface area (Å²) in [5.74, 6) is -0.473. The molecule has 27 heavy (non-hydrogen) atoms. The van der Waals surface area contributed by atoms with Gasteiger partial charge in [0.05, 0.1) is 18.2 Å². The average Bonchev–Trinajstić information content (AvgIpc) is 3.16. The Kier molecular flexibility index (Phi) is 5.78. The van der Waals surface area contributed by atoms with Gasteiger partial charge in [-0.1, -0.05) is 30.3 Å². The lowest BCUT2D eigenvalue weighted by atomic mass is 10.1. The van der Waals surface area contributed by atoms with Crippen LogP contribution in [0.4, 0.5) is 18.9 Å². The highest BCUT2D eigenvalue weighted by Gasteiger charge is 2.30. The zero-order valence-corrected chi connectivity index (χ0v) is 14.7. The van der Waals surface area contributed by atoms with Gasteiger partial charge in [-0.15, -0.1) is 0 Å². The number of nitrogens with one attached hydrogen (secondary N) is 1. The molecule has 1 N–H and O–H groups in total. The molecule has 3 rings (SSSR count). The largest absolute Gasteiger partial charge is 0.416 e. The summed E-state index contributed by atoms with van der Waals surface area (Å²) in [6, 6.07) is 12.6. The molecule has 7 heteroatoms.